The van der Waals surface area contributed by atoms with E-state index in [-0.39, 0.29) is 36.9 Å². The van der Waals surface area contributed by atoms with Gasteiger partial charge < -0.3 is 20.1 Å². The van der Waals surface area contributed by atoms with E-state index in [9.17, 15) is 14.4 Å². The number of rotatable bonds is 7. The second-order valence-corrected chi connectivity index (χ2v) is 7.22. The van der Waals surface area contributed by atoms with Crippen molar-refractivity contribution in [1.29, 1.82) is 0 Å². The molecule has 1 saturated heterocycles. The third-order valence-electron chi connectivity index (χ3n) is 4.82. The van der Waals surface area contributed by atoms with Crippen LogP contribution in [0.5, 0.6) is 5.75 Å². The number of nitrogens with one attached hydrogen (secondary N) is 1. The topological polar surface area (TPSA) is 95.9 Å². The second-order valence-electron chi connectivity index (χ2n) is 7.22. The van der Waals surface area contributed by atoms with E-state index in [1.807, 2.05) is 4.90 Å². The zero-order valence-corrected chi connectivity index (χ0v) is 16.1. The van der Waals surface area contributed by atoms with Crippen molar-refractivity contribution in [3.05, 3.63) is 29.8 Å². The highest BCUT2D eigenvalue weighted by molar-refractivity contribution is 5.94. The number of carboxylic acid groups (broad SMARTS) is 1. The first kappa shape index (κ1) is 20.7. The molecular formula is C20H28N2O5. The van der Waals surface area contributed by atoms with Crippen molar-refractivity contribution in [3.8, 4) is 5.75 Å². The number of benzene rings is 1. The zero-order valence-electron chi connectivity index (χ0n) is 16.1. The zero-order chi connectivity index (χ0) is 20.0. The lowest BCUT2D eigenvalue weighted by atomic mass is 9.97. The molecule has 0 saturated carbocycles. The van der Waals surface area contributed by atoms with Crippen LogP contribution in [0.15, 0.2) is 24.3 Å². The van der Waals surface area contributed by atoms with Crippen molar-refractivity contribution < 1.29 is 24.2 Å². The minimum Gasteiger partial charge on any atom is -0.484 e. The van der Waals surface area contributed by atoms with E-state index in [1.54, 1.807) is 31.2 Å². The van der Waals surface area contributed by atoms with Gasteiger partial charge in [0.25, 0.3) is 11.8 Å². The largest absolute Gasteiger partial charge is 0.484 e. The third-order valence-corrected chi connectivity index (χ3v) is 4.82. The summed E-state index contributed by atoms with van der Waals surface area (Å²) in [6.45, 7) is 5.73. The first-order valence-corrected chi connectivity index (χ1v) is 9.34. The fourth-order valence-corrected chi connectivity index (χ4v) is 3.46. The first-order chi connectivity index (χ1) is 12.8. The van der Waals surface area contributed by atoms with Crippen molar-refractivity contribution in [3.63, 3.8) is 0 Å². The van der Waals surface area contributed by atoms with Gasteiger partial charge in [-0.15, -0.1) is 0 Å². The summed E-state index contributed by atoms with van der Waals surface area (Å²) in [5, 5.41) is 11.4. The van der Waals surface area contributed by atoms with Gasteiger partial charge in [0.1, 0.15) is 5.75 Å². The minimum atomic E-state index is -0.964. The highest BCUT2D eigenvalue weighted by Crippen LogP contribution is 2.23. The molecule has 7 heteroatoms. The highest BCUT2D eigenvalue weighted by Gasteiger charge is 2.28. The normalized spacial score (nSPS) is 20.6. The minimum absolute atomic E-state index is 0.0287. The molecule has 1 aliphatic heterocycles. The number of carbonyl (C=O) groups is 3. The van der Waals surface area contributed by atoms with Crippen LogP contribution in [0, 0.1) is 0 Å². The van der Waals surface area contributed by atoms with Gasteiger partial charge in [0.15, 0.2) is 6.61 Å². The SMILES string of the molecule is CC(CC(=O)O)NC(=O)c1ccc(OCC(=O)N2C(C)CCCC2C)cc1. The molecule has 0 aliphatic carbocycles. The number of carboxylic acids is 1. The number of aliphatic carboxylic acids is 1. The van der Waals surface area contributed by atoms with Crippen molar-refractivity contribution >= 4 is 17.8 Å². The highest BCUT2D eigenvalue weighted by atomic mass is 16.5. The molecule has 7 nitrogen and oxygen atoms in total. The molecule has 2 rings (SSSR count). The Kier molecular flexibility index (Phi) is 7.21. The summed E-state index contributed by atoms with van der Waals surface area (Å²) >= 11 is 0. The number of likely N-dealkylation sites (tertiary alicyclic amines) is 1. The molecule has 1 heterocycles. The smallest absolute Gasteiger partial charge is 0.305 e. The van der Waals surface area contributed by atoms with Gasteiger partial charge in [-0.1, -0.05) is 0 Å². The van der Waals surface area contributed by atoms with Gasteiger partial charge in [0.05, 0.1) is 6.42 Å². The van der Waals surface area contributed by atoms with Gasteiger partial charge >= 0.3 is 5.97 Å². The van der Waals surface area contributed by atoms with E-state index in [0.717, 1.165) is 19.3 Å². The molecule has 3 atom stereocenters. The molecule has 0 bridgehead atoms. The van der Waals surface area contributed by atoms with Crippen molar-refractivity contribution in [2.24, 2.45) is 0 Å². The fourth-order valence-electron chi connectivity index (χ4n) is 3.46. The predicted molar refractivity (Wildman–Crippen MR) is 101 cm³/mol. The number of ether oxygens (including phenoxy) is 1. The first-order valence-electron chi connectivity index (χ1n) is 9.34. The summed E-state index contributed by atoms with van der Waals surface area (Å²) in [6, 6.07) is 6.44. The Bertz CT molecular complexity index is 663. The number of nitrogens with zero attached hydrogens (tertiary/aromatic N) is 1. The summed E-state index contributed by atoms with van der Waals surface area (Å²) < 4.78 is 5.59. The Hall–Kier alpha value is -2.57. The lowest BCUT2D eigenvalue weighted by molar-refractivity contribution is -0.139. The number of hydrogen-bond acceptors (Lipinski definition) is 4. The van der Waals surface area contributed by atoms with Gasteiger partial charge in [-0.2, -0.15) is 0 Å². The summed E-state index contributed by atoms with van der Waals surface area (Å²) in [4.78, 5) is 37.1. The van der Waals surface area contributed by atoms with E-state index < -0.39 is 12.0 Å². The van der Waals surface area contributed by atoms with E-state index in [1.165, 1.54) is 0 Å². The van der Waals surface area contributed by atoms with E-state index in [4.69, 9.17) is 9.84 Å². The lowest BCUT2D eigenvalue weighted by Gasteiger charge is -2.38. The van der Waals surface area contributed by atoms with E-state index in [2.05, 4.69) is 19.2 Å². The Labute approximate surface area is 159 Å². The number of amides is 2. The summed E-state index contributed by atoms with van der Waals surface area (Å²) in [7, 11) is 0. The molecule has 1 aromatic rings. The average molecular weight is 376 g/mol. The molecule has 3 unspecified atom stereocenters. The van der Waals surface area contributed by atoms with Gasteiger partial charge in [-0.25, -0.2) is 0 Å². The molecule has 1 aromatic carbocycles. The Balaban J connectivity index is 1.87. The monoisotopic (exact) mass is 376 g/mol. The van der Waals surface area contributed by atoms with Crippen LogP contribution in [0.2, 0.25) is 0 Å². The van der Waals surface area contributed by atoms with Crippen LogP contribution in [-0.4, -0.2) is 52.5 Å². The van der Waals surface area contributed by atoms with Gasteiger partial charge in [-0.05, 0) is 64.3 Å². The molecule has 148 valence electrons. The lowest BCUT2D eigenvalue weighted by Crippen LogP contribution is -2.49. The van der Waals surface area contributed by atoms with Crippen molar-refractivity contribution in [2.45, 2.75) is 64.6 Å². The Morgan fingerprint density at radius 1 is 1.19 bits per heavy atom. The second kappa shape index (κ2) is 9.39. The molecule has 2 amide bonds. The summed E-state index contributed by atoms with van der Waals surface area (Å²) in [5.41, 5.74) is 0.407. The van der Waals surface area contributed by atoms with Crippen LogP contribution in [0.3, 0.4) is 0 Å². The molecule has 27 heavy (non-hydrogen) atoms. The van der Waals surface area contributed by atoms with Gasteiger partial charge in [0, 0.05) is 23.7 Å². The van der Waals surface area contributed by atoms with Crippen LogP contribution in [0.25, 0.3) is 0 Å². The van der Waals surface area contributed by atoms with Crippen molar-refractivity contribution in [2.75, 3.05) is 6.61 Å². The van der Waals surface area contributed by atoms with Gasteiger partial charge in [0.2, 0.25) is 0 Å². The molecule has 2 N–H and O–H groups in total. The van der Waals surface area contributed by atoms with Crippen LogP contribution >= 0.6 is 0 Å². The Morgan fingerprint density at radius 3 is 2.33 bits per heavy atom. The van der Waals surface area contributed by atoms with E-state index >= 15 is 0 Å². The maximum atomic E-state index is 12.5. The molecular weight excluding hydrogens is 348 g/mol. The van der Waals surface area contributed by atoms with Crippen LogP contribution in [-0.2, 0) is 9.59 Å². The molecule has 0 aromatic heterocycles. The summed E-state index contributed by atoms with van der Waals surface area (Å²) in [5.74, 6) is -0.828. The standard InChI is InChI=1S/C20H28N2O5/c1-13(11-19(24)25)21-20(26)16-7-9-17(10-8-16)27-12-18(23)22-14(2)5-4-6-15(22)3/h7-10,13-15H,4-6,11-12H2,1-3H3,(H,21,26)(H,24,25). The van der Waals surface area contributed by atoms with Crippen LogP contribution < -0.4 is 10.1 Å². The molecule has 0 radical (unpaired) electrons. The van der Waals surface area contributed by atoms with Crippen LogP contribution in [0.1, 0.15) is 56.8 Å². The fraction of sp³-hybridized carbons (Fsp3) is 0.550. The Morgan fingerprint density at radius 2 is 1.78 bits per heavy atom. The van der Waals surface area contributed by atoms with Crippen LogP contribution in [0.4, 0.5) is 0 Å². The number of piperidine rings is 1. The maximum absolute atomic E-state index is 12.5. The molecule has 0 spiro atoms. The quantitative estimate of drug-likeness (QED) is 0.762. The van der Waals surface area contributed by atoms with Crippen molar-refractivity contribution in [1.82, 2.24) is 10.2 Å². The predicted octanol–water partition coefficient (Wildman–Crippen LogP) is 2.45. The van der Waals surface area contributed by atoms with Gasteiger partial charge in [-0.3, -0.25) is 14.4 Å². The van der Waals surface area contributed by atoms with E-state index in [0.29, 0.717) is 11.3 Å². The molecule has 1 fully saturated rings. The number of carbonyl (C=O) groups excluding carboxylic acids is 2. The number of hydrogen-bond donors (Lipinski definition) is 2. The third kappa shape index (κ3) is 5.98. The average Bonchev–Trinajstić information content (AvgIpc) is 2.59. The summed E-state index contributed by atoms with van der Waals surface area (Å²) in [6.07, 6.45) is 3.03. The maximum Gasteiger partial charge on any atom is 0.305 e. The molecule has 1 aliphatic rings.